The molecule has 90 valence electrons. The van der Waals surface area contributed by atoms with Crippen LogP contribution >= 0.6 is 0 Å². The van der Waals surface area contributed by atoms with Crippen molar-refractivity contribution < 1.29 is 13.9 Å². The maximum atomic E-state index is 13.2. The van der Waals surface area contributed by atoms with Gasteiger partial charge in [-0.25, -0.2) is 4.39 Å². The molecule has 0 amide bonds. The minimum absolute atomic E-state index is 0.113. The Kier molecular flexibility index (Phi) is 2.40. The third kappa shape index (κ3) is 1.68. The number of hydrogen-bond acceptors (Lipinski definition) is 2. The topological polar surface area (TPSA) is 26.3 Å². The van der Waals surface area contributed by atoms with Gasteiger partial charge in [0.25, 0.3) is 0 Å². The second-order valence-electron chi connectivity index (χ2n) is 4.42. The molecule has 3 rings (SSSR count). The van der Waals surface area contributed by atoms with E-state index in [0.717, 1.165) is 11.1 Å². The number of halogens is 1. The summed E-state index contributed by atoms with van der Waals surface area (Å²) in [6.07, 6.45) is 0. The highest BCUT2D eigenvalue weighted by Crippen LogP contribution is 2.29. The monoisotopic (exact) mass is 242 g/mol. The van der Waals surface area contributed by atoms with Gasteiger partial charge in [-0.3, -0.25) is 4.79 Å². The number of hydrogen-bond donors (Lipinski definition) is 0. The number of ether oxygens (including phenoxy) is 1. The first-order valence-corrected chi connectivity index (χ1v) is 5.72. The first kappa shape index (κ1) is 11.0. The van der Waals surface area contributed by atoms with Crippen molar-refractivity contribution >= 4 is 5.78 Å². The molecule has 3 heteroatoms. The van der Waals surface area contributed by atoms with Crippen molar-refractivity contribution in [3.63, 3.8) is 0 Å². The molecule has 0 saturated heterocycles. The molecular formula is C15H11FO2. The number of carbonyl (C=O) groups excluding carboxylic acids is 1. The SMILES string of the molecule is Cc1ccc2c(c1)COc1cc(F)ccc1C2=O. The molecule has 1 aliphatic heterocycles. The molecule has 0 atom stereocenters. The molecule has 0 unspecified atom stereocenters. The van der Waals surface area contributed by atoms with E-state index in [0.29, 0.717) is 23.5 Å². The lowest BCUT2D eigenvalue weighted by Gasteiger charge is -2.05. The fraction of sp³-hybridized carbons (Fsp3) is 0.133. The van der Waals surface area contributed by atoms with Crippen molar-refractivity contribution in [1.29, 1.82) is 0 Å². The average molecular weight is 242 g/mol. The van der Waals surface area contributed by atoms with Crippen LogP contribution in [0.4, 0.5) is 4.39 Å². The van der Waals surface area contributed by atoms with Crippen LogP contribution in [0.3, 0.4) is 0 Å². The third-order valence-corrected chi connectivity index (χ3v) is 3.08. The van der Waals surface area contributed by atoms with Gasteiger partial charge < -0.3 is 4.74 Å². The Morgan fingerprint density at radius 2 is 1.89 bits per heavy atom. The quantitative estimate of drug-likeness (QED) is 0.708. The second-order valence-corrected chi connectivity index (χ2v) is 4.42. The zero-order valence-corrected chi connectivity index (χ0v) is 9.87. The van der Waals surface area contributed by atoms with Crippen LogP contribution in [0.25, 0.3) is 0 Å². The molecule has 0 spiro atoms. The minimum atomic E-state index is -0.399. The van der Waals surface area contributed by atoms with Gasteiger partial charge in [0.15, 0.2) is 5.78 Å². The second kappa shape index (κ2) is 3.95. The maximum absolute atomic E-state index is 13.2. The van der Waals surface area contributed by atoms with Gasteiger partial charge in [-0.05, 0) is 19.1 Å². The number of carbonyl (C=O) groups is 1. The van der Waals surface area contributed by atoms with E-state index in [2.05, 4.69) is 0 Å². The van der Waals surface area contributed by atoms with Gasteiger partial charge in [0.1, 0.15) is 18.2 Å². The van der Waals surface area contributed by atoms with E-state index in [-0.39, 0.29) is 5.78 Å². The summed E-state index contributed by atoms with van der Waals surface area (Å²) in [5.41, 5.74) is 2.96. The van der Waals surface area contributed by atoms with E-state index < -0.39 is 5.82 Å². The van der Waals surface area contributed by atoms with Crippen LogP contribution in [0.1, 0.15) is 27.0 Å². The van der Waals surface area contributed by atoms with E-state index in [1.165, 1.54) is 18.2 Å². The van der Waals surface area contributed by atoms with E-state index in [4.69, 9.17) is 4.74 Å². The van der Waals surface area contributed by atoms with Gasteiger partial charge >= 0.3 is 0 Å². The highest BCUT2D eigenvalue weighted by Gasteiger charge is 2.22. The zero-order chi connectivity index (χ0) is 12.7. The lowest BCUT2D eigenvalue weighted by atomic mass is 9.98. The molecule has 0 saturated carbocycles. The molecule has 1 aliphatic rings. The van der Waals surface area contributed by atoms with Crippen molar-refractivity contribution in [2.24, 2.45) is 0 Å². The summed E-state index contributed by atoms with van der Waals surface area (Å²) in [5.74, 6) is -0.199. The summed E-state index contributed by atoms with van der Waals surface area (Å²) in [6, 6.07) is 9.63. The van der Waals surface area contributed by atoms with Crippen LogP contribution in [-0.2, 0) is 6.61 Å². The van der Waals surface area contributed by atoms with Crippen molar-refractivity contribution in [1.82, 2.24) is 0 Å². The number of rotatable bonds is 0. The molecule has 18 heavy (non-hydrogen) atoms. The lowest BCUT2D eigenvalue weighted by molar-refractivity contribution is 0.103. The number of benzene rings is 2. The fourth-order valence-electron chi connectivity index (χ4n) is 2.17. The van der Waals surface area contributed by atoms with E-state index >= 15 is 0 Å². The molecule has 0 bridgehead atoms. The van der Waals surface area contributed by atoms with Crippen LogP contribution < -0.4 is 4.74 Å². The van der Waals surface area contributed by atoms with Gasteiger partial charge in [-0.15, -0.1) is 0 Å². The van der Waals surface area contributed by atoms with Crippen LogP contribution in [0.2, 0.25) is 0 Å². The lowest BCUT2D eigenvalue weighted by Crippen LogP contribution is -2.03. The number of aryl methyl sites for hydroxylation is 1. The highest BCUT2D eigenvalue weighted by atomic mass is 19.1. The maximum Gasteiger partial charge on any atom is 0.197 e. The average Bonchev–Trinajstić information content (AvgIpc) is 2.47. The van der Waals surface area contributed by atoms with Crippen LogP contribution in [0, 0.1) is 12.7 Å². The Morgan fingerprint density at radius 1 is 1.11 bits per heavy atom. The number of fused-ring (bicyclic) bond motifs is 2. The summed E-state index contributed by atoms with van der Waals surface area (Å²) >= 11 is 0. The molecule has 0 aromatic heterocycles. The molecule has 2 aromatic rings. The Hall–Kier alpha value is -2.16. The van der Waals surface area contributed by atoms with Crippen molar-refractivity contribution in [3.05, 3.63) is 64.5 Å². The molecule has 1 heterocycles. The van der Waals surface area contributed by atoms with Crippen LogP contribution in [-0.4, -0.2) is 5.78 Å². The highest BCUT2D eigenvalue weighted by molar-refractivity contribution is 6.12. The summed E-state index contributed by atoms with van der Waals surface area (Å²) in [4.78, 5) is 12.3. The van der Waals surface area contributed by atoms with Crippen molar-refractivity contribution in [3.8, 4) is 5.75 Å². The molecule has 2 aromatic carbocycles. The first-order valence-electron chi connectivity index (χ1n) is 5.72. The van der Waals surface area contributed by atoms with E-state index in [9.17, 15) is 9.18 Å². The molecule has 0 N–H and O–H groups in total. The third-order valence-electron chi connectivity index (χ3n) is 3.08. The van der Waals surface area contributed by atoms with Gasteiger partial charge in [0.2, 0.25) is 0 Å². The molecule has 0 radical (unpaired) electrons. The Labute approximate surface area is 104 Å². The van der Waals surface area contributed by atoms with E-state index in [1.807, 2.05) is 19.1 Å². The van der Waals surface area contributed by atoms with Crippen LogP contribution in [0.15, 0.2) is 36.4 Å². The summed E-state index contributed by atoms with van der Waals surface area (Å²) in [6.45, 7) is 2.25. The smallest absolute Gasteiger partial charge is 0.197 e. The fourth-order valence-corrected chi connectivity index (χ4v) is 2.17. The molecule has 2 nitrogen and oxygen atoms in total. The van der Waals surface area contributed by atoms with Gasteiger partial charge in [0.05, 0.1) is 5.56 Å². The summed E-state index contributed by atoms with van der Waals surface area (Å²) < 4.78 is 18.7. The van der Waals surface area contributed by atoms with Crippen molar-refractivity contribution in [2.75, 3.05) is 0 Å². The van der Waals surface area contributed by atoms with Gasteiger partial charge in [0, 0.05) is 17.2 Å². The standard InChI is InChI=1S/C15H11FO2/c1-9-2-4-12-10(6-9)8-18-14-7-11(16)3-5-13(14)15(12)17/h2-7H,8H2,1H3. The Bertz CT molecular complexity index is 591. The Balaban J connectivity index is 2.18. The predicted octanol–water partition coefficient (Wildman–Crippen LogP) is 3.26. The predicted molar refractivity (Wildman–Crippen MR) is 65.3 cm³/mol. The minimum Gasteiger partial charge on any atom is -0.488 e. The molecule has 0 aliphatic carbocycles. The van der Waals surface area contributed by atoms with Gasteiger partial charge in [-0.2, -0.15) is 0 Å². The largest absolute Gasteiger partial charge is 0.488 e. The molecule has 0 fully saturated rings. The van der Waals surface area contributed by atoms with Gasteiger partial charge in [-0.1, -0.05) is 23.8 Å². The first-order chi connectivity index (χ1) is 8.65. The summed E-state index contributed by atoms with van der Waals surface area (Å²) in [7, 11) is 0. The Morgan fingerprint density at radius 3 is 2.72 bits per heavy atom. The normalized spacial score (nSPS) is 13.3. The van der Waals surface area contributed by atoms with Crippen molar-refractivity contribution in [2.45, 2.75) is 13.5 Å². The zero-order valence-electron chi connectivity index (χ0n) is 9.87. The summed E-state index contributed by atoms with van der Waals surface area (Å²) in [5, 5.41) is 0. The van der Waals surface area contributed by atoms with Crippen LogP contribution in [0.5, 0.6) is 5.75 Å². The number of ketones is 1. The van der Waals surface area contributed by atoms with E-state index in [1.54, 1.807) is 6.07 Å². The molecular weight excluding hydrogens is 231 g/mol.